The Morgan fingerprint density at radius 2 is 2.35 bits per heavy atom. The number of nitrogens with one attached hydrogen (secondary N) is 1. The zero-order valence-corrected chi connectivity index (χ0v) is 13.3. The molecular formula is C14H19NO3S2. The Hall–Kier alpha value is -1.16. The third-order valence-electron chi connectivity index (χ3n) is 2.73. The molecule has 0 aliphatic carbocycles. The van der Waals surface area contributed by atoms with E-state index in [4.69, 9.17) is 5.11 Å². The van der Waals surface area contributed by atoms with Crippen molar-refractivity contribution in [3.63, 3.8) is 0 Å². The van der Waals surface area contributed by atoms with Crippen LogP contribution in [0.15, 0.2) is 11.4 Å². The normalized spacial score (nSPS) is 13.2. The van der Waals surface area contributed by atoms with Gasteiger partial charge in [0, 0.05) is 40.8 Å². The van der Waals surface area contributed by atoms with E-state index in [0.29, 0.717) is 29.8 Å². The van der Waals surface area contributed by atoms with Crippen LogP contribution in [0.5, 0.6) is 0 Å². The molecule has 110 valence electrons. The minimum absolute atomic E-state index is 0.0186. The molecule has 0 radical (unpaired) electrons. The zero-order chi connectivity index (χ0) is 15.0. The van der Waals surface area contributed by atoms with Gasteiger partial charge < -0.3 is 10.4 Å². The summed E-state index contributed by atoms with van der Waals surface area (Å²) < 4.78 is 11.2. The van der Waals surface area contributed by atoms with E-state index in [1.54, 1.807) is 12.3 Å². The van der Waals surface area contributed by atoms with Crippen molar-refractivity contribution in [2.45, 2.75) is 25.0 Å². The molecule has 1 amide bonds. The molecule has 4 nitrogen and oxygen atoms in total. The van der Waals surface area contributed by atoms with Crippen molar-refractivity contribution in [3.8, 4) is 11.8 Å². The molecule has 0 aromatic carbocycles. The van der Waals surface area contributed by atoms with Gasteiger partial charge in [-0.1, -0.05) is 18.8 Å². The molecule has 6 heteroatoms. The molecule has 0 aliphatic heterocycles. The van der Waals surface area contributed by atoms with Crippen LogP contribution >= 0.6 is 11.3 Å². The molecule has 0 saturated carbocycles. The average molecular weight is 313 g/mol. The maximum atomic E-state index is 12.0. The highest BCUT2D eigenvalue weighted by Gasteiger charge is 2.12. The molecule has 1 aromatic heterocycles. The van der Waals surface area contributed by atoms with Crippen LogP contribution in [0.2, 0.25) is 0 Å². The van der Waals surface area contributed by atoms with Crippen LogP contribution in [-0.4, -0.2) is 39.9 Å². The van der Waals surface area contributed by atoms with Gasteiger partial charge in [0.05, 0.1) is 6.61 Å². The number of aliphatic hydroxyl groups is 1. The smallest absolute Gasteiger partial charge is 0.262 e. The van der Waals surface area contributed by atoms with Crippen molar-refractivity contribution in [3.05, 3.63) is 21.9 Å². The van der Waals surface area contributed by atoms with E-state index in [0.717, 1.165) is 0 Å². The summed E-state index contributed by atoms with van der Waals surface area (Å²) in [5.41, 5.74) is 0.688. The van der Waals surface area contributed by atoms with Crippen LogP contribution in [0.3, 0.4) is 0 Å². The van der Waals surface area contributed by atoms with Crippen molar-refractivity contribution >= 4 is 28.0 Å². The summed E-state index contributed by atoms with van der Waals surface area (Å²) in [4.78, 5) is 12.6. The fourth-order valence-electron chi connectivity index (χ4n) is 1.43. The minimum atomic E-state index is -0.866. The topological polar surface area (TPSA) is 66.4 Å². The van der Waals surface area contributed by atoms with E-state index in [1.165, 1.54) is 11.3 Å². The summed E-state index contributed by atoms with van der Waals surface area (Å²) in [5.74, 6) is 5.54. The number of rotatable bonds is 6. The summed E-state index contributed by atoms with van der Waals surface area (Å²) in [6.07, 6.45) is 2.75. The molecule has 1 aromatic rings. The Kier molecular flexibility index (Phi) is 7.52. The third kappa shape index (κ3) is 5.45. The first-order chi connectivity index (χ1) is 9.56. The third-order valence-corrected chi connectivity index (χ3v) is 5.02. The number of amides is 1. The average Bonchev–Trinajstić information content (AvgIpc) is 2.87. The Morgan fingerprint density at radius 3 is 3.00 bits per heavy atom. The first kappa shape index (κ1) is 16.9. The second-order valence-corrected chi connectivity index (χ2v) is 7.01. The molecule has 2 atom stereocenters. The molecule has 2 N–H and O–H groups in total. The van der Waals surface area contributed by atoms with Gasteiger partial charge >= 0.3 is 0 Å². The van der Waals surface area contributed by atoms with Crippen LogP contribution in [0.25, 0.3) is 0 Å². The van der Waals surface area contributed by atoms with Gasteiger partial charge in [-0.15, -0.1) is 11.3 Å². The number of thiophene rings is 1. The van der Waals surface area contributed by atoms with Crippen LogP contribution in [0.4, 0.5) is 0 Å². The molecule has 1 heterocycles. The van der Waals surface area contributed by atoms with Crippen molar-refractivity contribution in [2.24, 2.45) is 0 Å². The lowest BCUT2D eigenvalue weighted by Crippen LogP contribution is -2.27. The van der Waals surface area contributed by atoms with Gasteiger partial charge in [0.1, 0.15) is 4.88 Å². The van der Waals surface area contributed by atoms with Crippen LogP contribution in [-0.2, 0) is 10.8 Å². The van der Waals surface area contributed by atoms with E-state index >= 15 is 0 Å². The van der Waals surface area contributed by atoms with E-state index < -0.39 is 10.8 Å². The SMILES string of the molecule is CC(CCNC(=O)c1sccc1C#CCCO)S(C)=O. The first-order valence-corrected chi connectivity index (χ1v) is 8.84. The lowest BCUT2D eigenvalue weighted by atomic mass is 10.2. The summed E-state index contributed by atoms with van der Waals surface area (Å²) in [6, 6.07) is 1.80. The van der Waals surface area contributed by atoms with E-state index in [1.807, 2.05) is 12.3 Å². The first-order valence-electron chi connectivity index (χ1n) is 6.34. The van der Waals surface area contributed by atoms with Gasteiger partial charge in [-0.05, 0) is 17.9 Å². The summed E-state index contributed by atoms with van der Waals surface area (Å²) in [7, 11) is -0.866. The maximum absolute atomic E-state index is 12.0. The molecule has 0 bridgehead atoms. The van der Waals surface area contributed by atoms with E-state index in [9.17, 15) is 9.00 Å². The number of hydrogen-bond donors (Lipinski definition) is 2. The van der Waals surface area contributed by atoms with Crippen LogP contribution in [0.1, 0.15) is 35.0 Å². The summed E-state index contributed by atoms with van der Waals surface area (Å²) >= 11 is 1.34. The highest BCUT2D eigenvalue weighted by molar-refractivity contribution is 7.84. The Labute approximate surface area is 126 Å². The standard InChI is InChI=1S/C14H19NO3S2/c1-11(20(2)18)6-8-15-14(17)13-12(7-10-19-13)5-3-4-9-16/h7,10-11,16H,4,6,8-9H2,1-2H3,(H,15,17). The highest BCUT2D eigenvalue weighted by Crippen LogP contribution is 2.15. The largest absolute Gasteiger partial charge is 0.395 e. The minimum Gasteiger partial charge on any atom is -0.395 e. The highest BCUT2D eigenvalue weighted by atomic mass is 32.2. The van der Waals surface area contributed by atoms with Crippen molar-refractivity contribution in [2.75, 3.05) is 19.4 Å². The maximum Gasteiger partial charge on any atom is 0.262 e. The molecule has 0 aliphatic rings. The number of carbonyl (C=O) groups is 1. The number of carbonyl (C=O) groups excluding carboxylic acids is 1. The Morgan fingerprint density at radius 1 is 1.60 bits per heavy atom. The summed E-state index contributed by atoms with van der Waals surface area (Å²) in [6.45, 7) is 2.42. The van der Waals surface area contributed by atoms with Gasteiger partial charge in [-0.2, -0.15) is 0 Å². The fourth-order valence-corrected chi connectivity index (χ4v) is 2.65. The number of aliphatic hydroxyl groups excluding tert-OH is 1. The molecule has 0 fully saturated rings. The van der Waals surface area contributed by atoms with Crippen molar-refractivity contribution in [1.29, 1.82) is 0 Å². The van der Waals surface area contributed by atoms with Gasteiger partial charge in [0.15, 0.2) is 0 Å². The van der Waals surface area contributed by atoms with E-state index in [2.05, 4.69) is 17.2 Å². The van der Waals surface area contributed by atoms with Crippen LogP contribution in [0, 0.1) is 11.8 Å². The number of hydrogen-bond acceptors (Lipinski definition) is 4. The van der Waals surface area contributed by atoms with E-state index in [-0.39, 0.29) is 17.8 Å². The zero-order valence-electron chi connectivity index (χ0n) is 11.6. The van der Waals surface area contributed by atoms with Gasteiger partial charge in [-0.25, -0.2) is 0 Å². The monoisotopic (exact) mass is 313 g/mol. The lowest BCUT2D eigenvalue weighted by Gasteiger charge is -2.08. The van der Waals surface area contributed by atoms with Crippen molar-refractivity contribution < 1.29 is 14.1 Å². The van der Waals surface area contributed by atoms with Gasteiger partial charge in [-0.3, -0.25) is 9.00 Å². The molecule has 2 unspecified atom stereocenters. The molecule has 20 heavy (non-hydrogen) atoms. The molecule has 0 spiro atoms. The lowest BCUT2D eigenvalue weighted by molar-refractivity contribution is 0.0957. The fraction of sp³-hybridized carbons (Fsp3) is 0.500. The molecule has 0 saturated heterocycles. The quantitative estimate of drug-likeness (QED) is 0.780. The second-order valence-electron chi connectivity index (χ2n) is 4.29. The molecular weight excluding hydrogens is 294 g/mol. The van der Waals surface area contributed by atoms with Crippen molar-refractivity contribution in [1.82, 2.24) is 5.32 Å². The molecule has 1 rings (SSSR count). The predicted octanol–water partition coefficient (Wildman–Crippen LogP) is 1.37. The predicted molar refractivity (Wildman–Crippen MR) is 83.4 cm³/mol. The van der Waals surface area contributed by atoms with Crippen LogP contribution < -0.4 is 5.32 Å². The Balaban J connectivity index is 2.54. The second kappa shape index (κ2) is 8.90. The Bertz CT molecular complexity index is 528. The van der Waals surface area contributed by atoms with Gasteiger partial charge in [0.25, 0.3) is 5.91 Å². The summed E-state index contributed by atoms with van der Waals surface area (Å²) in [5, 5.41) is 13.4. The van der Waals surface area contributed by atoms with Gasteiger partial charge in [0.2, 0.25) is 0 Å².